The van der Waals surface area contributed by atoms with Crippen LogP contribution in [-0.2, 0) is 16.1 Å². The van der Waals surface area contributed by atoms with Gasteiger partial charge in [0.1, 0.15) is 5.78 Å². The van der Waals surface area contributed by atoms with Gasteiger partial charge in [0.05, 0.1) is 11.9 Å². The number of aromatic nitrogens is 1. The highest BCUT2D eigenvalue weighted by Crippen LogP contribution is 2.13. The Morgan fingerprint density at radius 1 is 1.28 bits per heavy atom. The van der Waals surface area contributed by atoms with E-state index >= 15 is 0 Å². The Labute approximate surface area is 105 Å². The topological polar surface area (TPSA) is 59.1 Å². The predicted molar refractivity (Wildman–Crippen MR) is 68.9 cm³/mol. The molecule has 4 heteroatoms. The molecule has 0 fully saturated rings. The number of carbonyl (C=O) groups is 2. The number of nitrogens with one attached hydrogen (secondary N) is 1. The third-order valence-corrected chi connectivity index (χ3v) is 2.57. The Kier molecular flexibility index (Phi) is 3.67. The van der Waals surface area contributed by atoms with Crippen LogP contribution in [0.4, 0.5) is 0 Å². The van der Waals surface area contributed by atoms with Gasteiger partial charge in [-0.25, -0.2) is 0 Å². The molecule has 1 amide bonds. The fourth-order valence-corrected chi connectivity index (χ4v) is 1.72. The van der Waals surface area contributed by atoms with Gasteiger partial charge in [-0.1, -0.05) is 12.1 Å². The molecule has 1 aromatic heterocycles. The van der Waals surface area contributed by atoms with E-state index in [1.165, 1.54) is 6.92 Å². The number of pyridine rings is 1. The fraction of sp³-hybridized carbons (Fsp3) is 0.214. The first kappa shape index (κ1) is 12.2. The lowest BCUT2D eigenvalue weighted by atomic mass is 10.1. The predicted octanol–water partition coefficient (Wildman–Crippen LogP) is 1.83. The molecule has 0 saturated heterocycles. The molecule has 0 saturated carbocycles. The molecule has 1 aromatic carbocycles. The Balaban J connectivity index is 2.04. The molecule has 0 atom stereocenters. The van der Waals surface area contributed by atoms with Crippen molar-refractivity contribution in [2.24, 2.45) is 0 Å². The SMILES string of the molecule is CC(=O)CC(=O)NCc1ccc2ncccc2c1. The fourth-order valence-electron chi connectivity index (χ4n) is 1.72. The maximum Gasteiger partial charge on any atom is 0.227 e. The number of Topliss-reactive ketones (excluding diaryl/α,β-unsaturated/α-hetero) is 1. The Morgan fingerprint density at radius 2 is 2.11 bits per heavy atom. The third-order valence-electron chi connectivity index (χ3n) is 2.57. The summed E-state index contributed by atoms with van der Waals surface area (Å²) < 4.78 is 0. The average Bonchev–Trinajstić information content (AvgIpc) is 2.35. The van der Waals surface area contributed by atoms with E-state index in [9.17, 15) is 9.59 Å². The monoisotopic (exact) mass is 242 g/mol. The van der Waals surface area contributed by atoms with Crippen LogP contribution in [0, 0.1) is 0 Å². The minimum absolute atomic E-state index is 0.0604. The molecule has 18 heavy (non-hydrogen) atoms. The van der Waals surface area contributed by atoms with Crippen LogP contribution in [0.15, 0.2) is 36.5 Å². The van der Waals surface area contributed by atoms with Crippen molar-refractivity contribution in [3.8, 4) is 0 Å². The highest BCUT2D eigenvalue weighted by Gasteiger charge is 2.04. The van der Waals surface area contributed by atoms with Gasteiger partial charge in [-0.3, -0.25) is 14.6 Å². The Morgan fingerprint density at radius 3 is 2.89 bits per heavy atom. The van der Waals surface area contributed by atoms with Gasteiger partial charge in [0.25, 0.3) is 0 Å². The standard InChI is InChI=1S/C14H14N2O2/c1-10(17)7-14(18)16-9-11-4-5-13-12(8-11)3-2-6-15-13/h2-6,8H,7,9H2,1H3,(H,16,18). The zero-order valence-corrected chi connectivity index (χ0v) is 10.1. The molecule has 0 unspecified atom stereocenters. The van der Waals surface area contributed by atoms with Crippen molar-refractivity contribution in [3.05, 3.63) is 42.1 Å². The highest BCUT2D eigenvalue weighted by atomic mass is 16.2. The van der Waals surface area contributed by atoms with Gasteiger partial charge >= 0.3 is 0 Å². The lowest BCUT2D eigenvalue weighted by Crippen LogP contribution is -2.24. The van der Waals surface area contributed by atoms with Gasteiger partial charge in [-0.2, -0.15) is 0 Å². The van der Waals surface area contributed by atoms with Gasteiger partial charge in [-0.15, -0.1) is 0 Å². The average molecular weight is 242 g/mol. The van der Waals surface area contributed by atoms with Crippen molar-refractivity contribution < 1.29 is 9.59 Å². The van der Waals surface area contributed by atoms with Crippen molar-refractivity contribution in [1.82, 2.24) is 10.3 Å². The molecule has 0 radical (unpaired) electrons. The second kappa shape index (κ2) is 5.40. The number of hydrogen-bond donors (Lipinski definition) is 1. The molecule has 0 spiro atoms. The molecule has 0 aliphatic rings. The van der Waals surface area contributed by atoms with E-state index in [0.717, 1.165) is 16.5 Å². The molecular formula is C14H14N2O2. The number of fused-ring (bicyclic) bond motifs is 1. The molecule has 1 heterocycles. The second-order valence-corrected chi connectivity index (χ2v) is 4.19. The number of nitrogens with zero attached hydrogens (tertiary/aromatic N) is 1. The van der Waals surface area contributed by atoms with E-state index in [4.69, 9.17) is 0 Å². The van der Waals surface area contributed by atoms with Crippen molar-refractivity contribution in [2.75, 3.05) is 0 Å². The minimum atomic E-state index is -0.242. The van der Waals surface area contributed by atoms with Crippen LogP contribution in [0.2, 0.25) is 0 Å². The maximum absolute atomic E-state index is 11.3. The summed E-state index contributed by atoms with van der Waals surface area (Å²) in [6.07, 6.45) is 1.69. The number of rotatable bonds is 4. The van der Waals surface area contributed by atoms with E-state index in [1.807, 2.05) is 30.3 Å². The lowest BCUT2D eigenvalue weighted by molar-refractivity contribution is -0.127. The minimum Gasteiger partial charge on any atom is -0.352 e. The normalized spacial score (nSPS) is 10.3. The third kappa shape index (κ3) is 3.13. The van der Waals surface area contributed by atoms with Crippen molar-refractivity contribution >= 4 is 22.6 Å². The van der Waals surface area contributed by atoms with Gasteiger partial charge in [0.2, 0.25) is 5.91 Å². The zero-order chi connectivity index (χ0) is 13.0. The Bertz CT molecular complexity index is 593. The molecule has 0 aliphatic carbocycles. The molecule has 4 nitrogen and oxygen atoms in total. The molecule has 2 rings (SSSR count). The Hall–Kier alpha value is -2.23. The van der Waals surface area contributed by atoms with E-state index < -0.39 is 0 Å². The van der Waals surface area contributed by atoms with Crippen molar-refractivity contribution in [3.63, 3.8) is 0 Å². The van der Waals surface area contributed by atoms with Crippen LogP contribution in [-0.4, -0.2) is 16.7 Å². The summed E-state index contributed by atoms with van der Waals surface area (Å²) in [4.78, 5) is 26.3. The summed E-state index contributed by atoms with van der Waals surface area (Å²) in [5.41, 5.74) is 1.92. The number of benzene rings is 1. The summed E-state index contributed by atoms with van der Waals surface area (Å²) in [6.45, 7) is 1.83. The van der Waals surface area contributed by atoms with E-state index in [1.54, 1.807) is 6.20 Å². The highest BCUT2D eigenvalue weighted by molar-refractivity contribution is 5.96. The molecule has 2 aromatic rings. The molecular weight excluding hydrogens is 228 g/mol. The first-order valence-electron chi connectivity index (χ1n) is 5.75. The first-order chi connectivity index (χ1) is 8.65. The number of hydrogen-bond acceptors (Lipinski definition) is 3. The largest absolute Gasteiger partial charge is 0.352 e. The van der Waals surface area contributed by atoms with E-state index in [2.05, 4.69) is 10.3 Å². The van der Waals surface area contributed by atoms with Crippen LogP contribution in [0.25, 0.3) is 10.9 Å². The first-order valence-corrected chi connectivity index (χ1v) is 5.75. The summed E-state index contributed by atoms with van der Waals surface area (Å²) >= 11 is 0. The smallest absolute Gasteiger partial charge is 0.227 e. The van der Waals surface area contributed by atoms with Crippen molar-refractivity contribution in [1.29, 1.82) is 0 Å². The summed E-state index contributed by atoms with van der Waals surface area (Å²) in [6, 6.07) is 9.67. The van der Waals surface area contributed by atoms with Crippen LogP contribution >= 0.6 is 0 Å². The quantitative estimate of drug-likeness (QED) is 0.832. The van der Waals surface area contributed by atoms with Crippen LogP contribution in [0.5, 0.6) is 0 Å². The molecule has 92 valence electrons. The van der Waals surface area contributed by atoms with Gasteiger partial charge in [-0.05, 0) is 30.7 Å². The van der Waals surface area contributed by atoms with Gasteiger partial charge in [0.15, 0.2) is 0 Å². The van der Waals surface area contributed by atoms with Crippen LogP contribution in [0.3, 0.4) is 0 Å². The lowest BCUT2D eigenvalue weighted by Gasteiger charge is -2.05. The number of carbonyl (C=O) groups excluding carboxylic acids is 2. The molecule has 1 N–H and O–H groups in total. The summed E-state index contributed by atoms with van der Waals surface area (Å²) in [5, 5.41) is 3.75. The van der Waals surface area contributed by atoms with Gasteiger partial charge in [0, 0.05) is 18.1 Å². The van der Waals surface area contributed by atoms with E-state index in [-0.39, 0.29) is 18.1 Å². The van der Waals surface area contributed by atoms with Gasteiger partial charge < -0.3 is 5.32 Å². The van der Waals surface area contributed by atoms with Crippen molar-refractivity contribution in [2.45, 2.75) is 19.9 Å². The molecule has 0 aliphatic heterocycles. The second-order valence-electron chi connectivity index (χ2n) is 4.19. The number of ketones is 1. The van der Waals surface area contributed by atoms with Crippen LogP contribution < -0.4 is 5.32 Å². The summed E-state index contributed by atoms with van der Waals surface area (Å²) in [5.74, 6) is -0.371. The number of amides is 1. The zero-order valence-electron chi connectivity index (χ0n) is 10.1. The summed E-state index contributed by atoms with van der Waals surface area (Å²) in [7, 11) is 0. The maximum atomic E-state index is 11.3. The van der Waals surface area contributed by atoms with Crippen LogP contribution in [0.1, 0.15) is 18.9 Å². The van der Waals surface area contributed by atoms with E-state index in [0.29, 0.717) is 6.54 Å². The molecule has 0 bridgehead atoms.